The Kier molecular flexibility index (Phi) is 1.16. The van der Waals surface area contributed by atoms with Gasteiger partial charge in [0, 0.05) is 6.04 Å². The van der Waals surface area contributed by atoms with Crippen LogP contribution in [0.5, 0.6) is 0 Å². The van der Waals surface area contributed by atoms with Crippen molar-refractivity contribution in [2.24, 2.45) is 0 Å². The molecule has 11 heavy (non-hydrogen) atoms. The second-order valence-corrected chi connectivity index (χ2v) is 2.23. The van der Waals surface area contributed by atoms with Gasteiger partial charge in [0.2, 0.25) is 0 Å². The van der Waals surface area contributed by atoms with Gasteiger partial charge in [0.05, 0.1) is 11.0 Å². The number of benzene rings is 1. The number of fused-ring (bicyclic) bond motifs is 1. The number of para-hydroxylation sites is 2. The van der Waals surface area contributed by atoms with Gasteiger partial charge in [0.15, 0.2) is 0 Å². The highest BCUT2D eigenvalue weighted by Gasteiger charge is 1.96. The lowest BCUT2D eigenvalue weighted by Crippen LogP contribution is -1.82. The third-order valence-electron chi connectivity index (χ3n) is 1.59. The highest BCUT2D eigenvalue weighted by Crippen LogP contribution is 2.09. The molecule has 2 rings (SSSR count). The zero-order chi connectivity index (χ0) is 7.68. The van der Waals surface area contributed by atoms with Crippen LogP contribution in [-0.4, -0.2) is 9.55 Å². The number of terminal acetylenes is 1. The van der Waals surface area contributed by atoms with Gasteiger partial charge in [-0.05, 0) is 12.1 Å². The Morgan fingerprint density at radius 1 is 1.36 bits per heavy atom. The molecule has 0 spiro atoms. The van der Waals surface area contributed by atoms with Gasteiger partial charge in [0.25, 0.3) is 0 Å². The van der Waals surface area contributed by atoms with E-state index in [1.807, 2.05) is 24.3 Å². The maximum absolute atomic E-state index is 5.23. The SMILES string of the molecule is C#Cn1cnc2ccccc21. The Balaban J connectivity index is 2.89. The van der Waals surface area contributed by atoms with E-state index in [1.165, 1.54) is 0 Å². The molecular weight excluding hydrogens is 136 g/mol. The maximum atomic E-state index is 5.23. The molecule has 0 atom stereocenters. The molecule has 1 heterocycles. The molecular formula is C9H6N2. The monoisotopic (exact) mass is 142 g/mol. The lowest BCUT2D eigenvalue weighted by molar-refractivity contribution is 1.15. The number of hydrogen-bond donors (Lipinski definition) is 0. The average molecular weight is 142 g/mol. The summed E-state index contributed by atoms with van der Waals surface area (Å²) >= 11 is 0. The first-order valence-corrected chi connectivity index (χ1v) is 3.30. The van der Waals surface area contributed by atoms with Crippen molar-refractivity contribution in [3.8, 4) is 12.5 Å². The lowest BCUT2D eigenvalue weighted by atomic mass is 10.3. The second kappa shape index (κ2) is 2.14. The molecule has 1 aromatic carbocycles. The van der Waals surface area contributed by atoms with Crippen molar-refractivity contribution >= 4 is 11.0 Å². The molecule has 2 aromatic rings. The van der Waals surface area contributed by atoms with Crippen LogP contribution < -0.4 is 0 Å². The lowest BCUT2D eigenvalue weighted by Gasteiger charge is -1.89. The average Bonchev–Trinajstić information content (AvgIpc) is 2.47. The van der Waals surface area contributed by atoms with Gasteiger partial charge in [-0.1, -0.05) is 18.6 Å². The summed E-state index contributed by atoms with van der Waals surface area (Å²) in [7, 11) is 0. The largest absolute Gasteiger partial charge is 0.257 e. The first-order valence-electron chi connectivity index (χ1n) is 3.30. The van der Waals surface area contributed by atoms with Crippen molar-refractivity contribution in [1.82, 2.24) is 9.55 Å². The molecule has 0 radical (unpaired) electrons. The predicted octanol–water partition coefficient (Wildman–Crippen LogP) is 1.48. The van der Waals surface area contributed by atoms with Crippen molar-refractivity contribution in [2.75, 3.05) is 0 Å². The summed E-state index contributed by atoms with van der Waals surface area (Å²) in [5.41, 5.74) is 1.92. The molecule has 0 N–H and O–H groups in total. The number of hydrogen-bond acceptors (Lipinski definition) is 1. The molecule has 2 heteroatoms. The summed E-state index contributed by atoms with van der Waals surface area (Å²) in [6.45, 7) is 0. The molecule has 0 aliphatic carbocycles. The topological polar surface area (TPSA) is 17.8 Å². The first-order chi connectivity index (χ1) is 5.42. The Morgan fingerprint density at radius 2 is 2.18 bits per heavy atom. The molecule has 0 saturated heterocycles. The highest BCUT2D eigenvalue weighted by molar-refractivity contribution is 5.75. The molecule has 1 aromatic heterocycles. The minimum atomic E-state index is 0.936. The third-order valence-corrected chi connectivity index (χ3v) is 1.59. The third kappa shape index (κ3) is 0.786. The first kappa shape index (κ1) is 5.99. The van der Waals surface area contributed by atoms with E-state index in [9.17, 15) is 0 Å². The van der Waals surface area contributed by atoms with Crippen molar-refractivity contribution in [2.45, 2.75) is 0 Å². The Bertz CT molecular complexity index is 420. The summed E-state index contributed by atoms with van der Waals surface area (Å²) < 4.78 is 1.66. The number of imidazole rings is 1. The van der Waals surface area contributed by atoms with Crippen molar-refractivity contribution in [3.63, 3.8) is 0 Å². The van der Waals surface area contributed by atoms with Crippen LogP contribution in [0.25, 0.3) is 11.0 Å². The fourth-order valence-corrected chi connectivity index (χ4v) is 1.06. The second-order valence-electron chi connectivity index (χ2n) is 2.23. The summed E-state index contributed by atoms with van der Waals surface area (Å²) in [6.07, 6.45) is 6.88. The van der Waals surface area contributed by atoms with E-state index in [0.717, 1.165) is 11.0 Å². The summed E-state index contributed by atoms with van der Waals surface area (Å²) in [6, 6.07) is 10.3. The normalized spacial score (nSPS) is 9.73. The smallest absolute Gasteiger partial charge is 0.108 e. The van der Waals surface area contributed by atoms with Crippen LogP contribution in [0.15, 0.2) is 30.6 Å². The predicted molar refractivity (Wildman–Crippen MR) is 44.0 cm³/mol. The molecule has 0 aliphatic heterocycles. The van der Waals surface area contributed by atoms with Gasteiger partial charge in [0.1, 0.15) is 6.33 Å². The molecule has 2 nitrogen and oxygen atoms in total. The number of aromatic nitrogens is 2. The van der Waals surface area contributed by atoms with Gasteiger partial charge in [-0.2, -0.15) is 0 Å². The molecule has 52 valence electrons. The van der Waals surface area contributed by atoms with E-state index < -0.39 is 0 Å². The van der Waals surface area contributed by atoms with E-state index in [0.29, 0.717) is 0 Å². The Morgan fingerprint density at radius 3 is 3.00 bits per heavy atom. The van der Waals surface area contributed by atoms with Gasteiger partial charge in [-0.3, -0.25) is 4.57 Å². The fraction of sp³-hybridized carbons (Fsp3) is 0. The summed E-state index contributed by atoms with van der Waals surface area (Å²) in [4.78, 5) is 4.11. The van der Waals surface area contributed by atoms with Crippen molar-refractivity contribution < 1.29 is 0 Å². The Labute approximate surface area is 64.5 Å². The van der Waals surface area contributed by atoms with Crippen LogP contribution >= 0.6 is 0 Å². The van der Waals surface area contributed by atoms with E-state index in [-0.39, 0.29) is 0 Å². The minimum absolute atomic E-state index is 0.936. The molecule has 0 bridgehead atoms. The van der Waals surface area contributed by atoms with Crippen LogP contribution in [0.3, 0.4) is 0 Å². The summed E-state index contributed by atoms with van der Waals surface area (Å²) in [5, 5.41) is 0. The number of nitrogens with zero attached hydrogens (tertiary/aromatic N) is 2. The van der Waals surface area contributed by atoms with Crippen LogP contribution in [-0.2, 0) is 0 Å². The molecule has 0 saturated carbocycles. The van der Waals surface area contributed by atoms with Crippen molar-refractivity contribution in [3.05, 3.63) is 30.6 Å². The van der Waals surface area contributed by atoms with Crippen LogP contribution in [0.2, 0.25) is 0 Å². The van der Waals surface area contributed by atoms with Crippen LogP contribution in [0.1, 0.15) is 0 Å². The van der Waals surface area contributed by atoms with Crippen LogP contribution in [0, 0.1) is 12.5 Å². The van der Waals surface area contributed by atoms with Crippen molar-refractivity contribution in [1.29, 1.82) is 0 Å². The summed E-state index contributed by atoms with van der Waals surface area (Å²) in [5.74, 6) is 0. The molecule has 0 aliphatic rings. The van der Waals surface area contributed by atoms with E-state index >= 15 is 0 Å². The van der Waals surface area contributed by atoms with E-state index in [1.54, 1.807) is 10.9 Å². The molecule has 0 fully saturated rings. The fourth-order valence-electron chi connectivity index (χ4n) is 1.06. The standard InChI is InChI=1S/C9H6N2/c1-2-11-7-10-8-5-3-4-6-9(8)11/h1,3-7H. The zero-order valence-electron chi connectivity index (χ0n) is 5.86. The van der Waals surface area contributed by atoms with Gasteiger partial charge >= 0.3 is 0 Å². The van der Waals surface area contributed by atoms with E-state index in [2.05, 4.69) is 11.0 Å². The molecule has 0 unspecified atom stereocenters. The molecule has 0 amide bonds. The van der Waals surface area contributed by atoms with Gasteiger partial charge < -0.3 is 0 Å². The number of rotatable bonds is 0. The van der Waals surface area contributed by atoms with Gasteiger partial charge in [-0.15, -0.1) is 0 Å². The minimum Gasteiger partial charge on any atom is -0.257 e. The van der Waals surface area contributed by atoms with Crippen LogP contribution in [0.4, 0.5) is 0 Å². The quantitative estimate of drug-likeness (QED) is 0.509. The Hall–Kier alpha value is -1.75. The zero-order valence-corrected chi connectivity index (χ0v) is 5.86. The highest BCUT2D eigenvalue weighted by atomic mass is 15.0. The maximum Gasteiger partial charge on any atom is 0.108 e. The van der Waals surface area contributed by atoms with E-state index in [4.69, 9.17) is 6.42 Å². The van der Waals surface area contributed by atoms with Gasteiger partial charge in [-0.25, -0.2) is 4.98 Å².